The van der Waals surface area contributed by atoms with Crippen molar-refractivity contribution < 1.29 is 13.2 Å². The van der Waals surface area contributed by atoms with Gasteiger partial charge < -0.3 is 10.5 Å². The molecule has 0 heterocycles. The molecule has 0 aromatic heterocycles. The van der Waals surface area contributed by atoms with E-state index < -0.39 is 16.1 Å². The van der Waals surface area contributed by atoms with Gasteiger partial charge in [-0.15, -0.1) is 0 Å². The van der Waals surface area contributed by atoms with E-state index in [2.05, 4.69) is 20.7 Å². The number of ether oxygens (including phenoxy) is 1. The first-order chi connectivity index (χ1) is 9.35. The van der Waals surface area contributed by atoms with E-state index >= 15 is 0 Å². The van der Waals surface area contributed by atoms with Crippen LogP contribution in [0.2, 0.25) is 5.02 Å². The lowest BCUT2D eigenvalue weighted by Crippen LogP contribution is -2.64. The third-order valence-corrected chi connectivity index (χ3v) is 5.91. The van der Waals surface area contributed by atoms with Crippen LogP contribution in [0.25, 0.3) is 0 Å². The number of nitrogens with one attached hydrogen (secondary N) is 1. The Labute approximate surface area is 132 Å². The van der Waals surface area contributed by atoms with Crippen molar-refractivity contribution in [2.75, 3.05) is 6.61 Å². The Hall–Kier alpha value is -0.180. The molecule has 3 atom stereocenters. The molecular weight excluding hydrogens is 368 g/mol. The standard InChI is InChI=1S/C12H16BrClN2O3S/c1-2-19-11-6-10(15)12(11)16-20(17,18)7-3-4-9(14)8(13)5-7/h3-5,10-12,16H,2,6,15H2,1H3. The highest BCUT2D eigenvalue weighted by Crippen LogP contribution is 2.28. The molecule has 1 aliphatic rings. The molecule has 1 aromatic carbocycles. The van der Waals surface area contributed by atoms with Gasteiger partial charge in [-0.05, 0) is 47.5 Å². The third kappa shape index (κ3) is 3.35. The summed E-state index contributed by atoms with van der Waals surface area (Å²) in [7, 11) is -3.64. The van der Waals surface area contributed by atoms with E-state index in [0.717, 1.165) is 0 Å². The van der Waals surface area contributed by atoms with E-state index in [1.54, 1.807) is 0 Å². The van der Waals surface area contributed by atoms with Crippen LogP contribution >= 0.6 is 27.5 Å². The molecule has 20 heavy (non-hydrogen) atoms. The van der Waals surface area contributed by atoms with Crippen LogP contribution in [-0.2, 0) is 14.8 Å². The average molecular weight is 384 g/mol. The minimum absolute atomic E-state index is 0.142. The predicted octanol–water partition coefficient (Wildman–Crippen LogP) is 1.89. The van der Waals surface area contributed by atoms with Crippen LogP contribution in [0.4, 0.5) is 0 Å². The average Bonchev–Trinajstić information content (AvgIpc) is 2.39. The summed E-state index contributed by atoms with van der Waals surface area (Å²) in [6.07, 6.45) is 0.492. The normalized spacial score (nSPS) is 26.3. The molecule has 0 bridgehead atoms. The van der Waals surface area contributed by atoms with E-state index in [0.29, 0.717) is 22.5 Å². The number of halogens is 2. The number of sulfonamides is 1. The summed E-state index contributed by atoms with van der Waals surface area (Å²) in [5.41, 5.74) is 5.85. The molecule has 8 heteroatoms. The van der Waals surface area contributed by atoms with Crippen molar-refractivity contribution in [2.45, 2.75) is 36.4 Å². The second kappa shape index (κ2) is 6.29. The fourth-order valence-corrected chi connectivity index (χ4v) is 4.07. The first kappa shape index (κ1) is 16.2. The van der Waals surface area contributed by atoms with Crippen molar-refractivity contribution in [1.82, 2.24) is 4.72 Å². The summed E-state index contributed by atoms with van der Waals surface area (Å²) in [4.78, 5) is 0.142. The summed E-state index contributed by atoms with van der Waals surface area (Å²) >= 11 is 9.07. The molecule has 2 rings (SSSR count). The van der Waals surface area contributed by atoms with Crippen molar-refractivity contribution in [1.29, 1.82) is 0 Å². The Bertz CT molecular complexity index is 594. The molecule has 1 aromatic rings. The van der Waals surface area contributed by atoms with Gasteiger partial charge in [0.05, 0.1) is 22.1 Å². The van der Waals surface area contributed by atoms with Gasteiger partial charge in [0.15, 0.2) is 0 Å². The summed E-state index contributed by atoms with van der Waals surface area (Å²) in [6, 6.07) is 3.83. The van der Waals surface area contributed by atoms with Crippen LogP contribution < -0.4 is 10.5 Å². The van der Waals surface area contributed by atoms with Crippen LogP contribution in [0.1, 0.15) is 13.3 Å². The maximum Gasteiger partial charge on any atom is 0.241 e. The fraction of sp³-hybridized carbons (Fsp3) is 0.500. The topological polar surface area (TPSA) is 81.4 Å². The lowest BCUT2D eigenvalue weighted by molar-refractivity contribution is -0.0248. The number of rotatable bonds is 5. The van der Waals surface area contributed by atoms with E-state index in [1.807, 2.05) is 6.92 Å². The van der Waals surface area contributed by atoms with E-state index in [1.165, 1.54) is 18.2 Å². The minimum Gasteiger partial charge on any atom is -0.377 e. The second-order valence-electron chi connectivity index (χ2n) is 4.62. The van der Waals surface area contributed by atoms with Crippen LogP contribution in [0, 0.1) is 0 Å². The van der Waals surface area contributed by atoms with Gasteiger partial charge in [0.2, 0.25) is 10.0 Å². The van der Waals surface area contributed by atoms with Gasteiger partial charge in [0.1, 0.15) is 0 Å². The maximum atomic E-state index is 12.3. The van der Waals surface area contributed by atoms with E-state index in [9.17, 15) is 8.42 Å². The summed E-state index contributed by atoms with van der Waals surface area (Å²) in [6.45, 7) is 2.40. The SMILES string of the molecule is CCOC1CC(N)C1NS(=O)(=O)c1ccc(Cl)c(Br)c1. The molecule has 0 spiro atoms. The highest BCUT2D eigenvalue weighted by molar-refractivity contribution is 9.10. The first-order valence-electron chi connectivity index (χ1n) is 6.19. The summed E-state index contributed by atoms with van der Waals surface area (Å²) in [5.74, 6) is 0. The quantitative estimate of drug-likeness (QED) is 0.813. The number of hydrogen-bond donors (Lipinski definition) is 2. The zero-order valence-corrected chi connectivity index (χ0v) is 14.0. The highest BCUT2D eigenvalue weighted by Gasteiger charge is 2.42. The maximum absolute atomic E-state index is 12.3. The molecule has 0 aliphatic heterocycles. The minimum atomic E-state index is -3.64. The van der Waals surface area contributed by atoms with Gasteiger partial charge in [0, 0.05) is 17.1 Å². The lowest BCUT2D eigenvalue weighted by Gasteiger charge is -2.42. The zero-order chi connectivity index (χ0) is 14.9. The third-order valence-electron chi connectivity index (χ3n) is 3.24. The smallest absolute Gasteiger partial charge is 0.241 e. The summed E-state index contributed by atoms with van der Waals surface area (Å²) < 4.78 is 33.2. The van der Waals surface area contributed by atoms with Gasteiger partial charge in [0.25, 0.3) is 0 Å². The Balaban J connectivity index is 2.16. The van der Waals surface area contributed by atoms with Crippen molar-refractivity contribution >= 4 is 37.6 Å². The van der Waals surface area contributed by atoms with Crippen LogP contribution in [-0.4, -0.2) is 33.2 Å². The molecule has 1 saturated carbocycles. The Morgan fingerprint density at radius 3 is 2.80 bits per heavy atom. The Kier molecular flexibility index (Phi) is 5.09. The van der Waals surface area contributed by atoms with Gasteiger partial charge in [-0.3, -0.25) is 0 Å². The predicted molar refractivity (Wildman–Crippen MR) is 81.3 cm³/mol. The molecule has 0 saturated heterocycles. The molecule has 3 N–H and O–H groups in total. The molecular formula is C12H16BrClN2O3S. The van der Waals surface area contributed by atoms with Crippen molar-refractivity contribution in [3.8, 4) is 0 Å². The van der Waals surface area contributed by atoms with E-state index in [-0.39, 0.29) is 17.0 Å². The van der Waals surface area contributed by atoms with Gasteiger partial charge in [-0.2, -0.15) is 0 Å². The summed E-state index contributed by atoms with van der Waals surface area (Å²) in [5, 5.41) is 0.455. The van der Waals surface area contributed by atoms with Crippen LogP contribution in [0.3, 0.4) is 0 Å². The number of nitrogens with two attached hydrogens (primary N) is 1. The molecule has 1 aliphatic carbocycles. The van der Waals surface area contributed by atoms with Gasteiger partial charge in [-0.1, -0.05) is 11.6 Å². The molecule has 3 unspecified atom stereocenters. The van der Waals surface area contributed by atoms with Gasteiger partial charge in [-0.25, -0.2) is 13.1 Å². The van der Waals surface area contributed by atoms with Crippen LogP contribution in [0.15, 0.2) is 27.6 Å². The molecule has 5 nitrogen and oxygen atoms in total. The first-order valence-corrected chi connectivity index (χ1v) is 8.85. The second-order valence-corrected chi connectivity index (χ2v) is 7.59. The molecule has 112 valence electrons. The highest BCUT2D eigenvalue weighted by atomic mass is 79.9. The fourth-order valence-electron chi connectivity index (χ4n) is 2.08. The number of hydrogen-bond acceptors (Lipinski definition) is 4. The molecule has 0 radical (unpaired) electrons. The Morgan fingerprint density at radius 2 is 2.25 bits per heavy atom. The Morgan fingerprint density at radius 1 is 1.55 bits per heavy atom. The monoisotopic (exact) mass is 382 g/mol. The number of benzene rings is 1. The van der Waals surface area contributed by atoms with E-state index in [4.69, 9.17) is 22.1 Å². The largest absolute Gasteiger partial charge is 0.377 e. The molecule has 0 amide bonds. The zero-order valence-electron chi connectivity index (χ0n) is 10.8. The van der Waals surface area contributed by atoms with Crippen molar-refractivity contribution in [2.24, 2.45) is 5.73 Å². The molecule has 1 fully saturated rings. The van der Waals surface area contributed by atoms with Crippen LogP contribution in [0.5, 0.6) is 0 Å². The van der Waals surface area contributed by atoms with Gasteiger partial charge >= 0.3 is 0 Å². The van der Waals surface area contributed by atoms with Crippen molar-refractivity contribution in [3.05, 3.63) is 27.7 Å². The lowest BCUT2D eigenvalue weighted by atomic mass is 9.84. The van der Waals surface area contributed by atoms with Crippen molar-refractivity contribution in [3.63, 3.8) is 0 Å².